The van der Waals surface area contributed by atoms with E-state index in [4.69, 9.17) is 4.74 Å². The van der Waals surface area contributed by atoms with Crippen molar-refractivity contribution in [2.24, 2.45) is 5.41 Å². The Bertz CT molecular complexity index is 892. The summed E-state index contributed by atoms with van der Waals surface area (Å²) < 4.78 is 7.33. The van der Waals surface area contributed by atoms with Gasteiger partial charge in [0.15, 0.2) is 0 Å². The number of carbonyl (C=O) groups excluding carboxylic acids is 2. The van der Waals surface area contributed by atoms with Crippen LogP contribution in [0.1, 0.15) is 62.0 Å². The van der Waals surface area contributed by atoms with Crippen LogP contribution in [0.25, 0.3) is 0 Å². The second-order valence-corrected chi connectivity index (χ2v) is 8.51. The van der Waals surface area contributed by atoms with Gasteiger partial charge in [-0.3, -0.25) is 14.3 Å². The van der Waals surface area contributed by atoms with Crippen molar-refractivity contribution in [2.75, 3.05) is 6.61 Å². The zero-order chi connectivity index (χ0) is 20.6. The molecule has 0 saturated carbocycles. The molecule has 2 fully saturated rings. The molecule has 0 radical (unpaired) electrons. The number of nitrogens with zero attached hydrogens (tertiary/aromatic N) is 3. The maximum Gasteiger partial charge on any atom is 0.314 e. The number of carbonyl (C=O) groups is 2. The van der Waals surface area contributed by atoms with E-state index in [0.29, 0.717) is 25.0 Å². The standard InChI is InChI=1S/C23H29N3O3/c1-4-29-22(28)23(12-17-8-6-5-7-9-17)13-19-10-11-20(23)26(19)21(27)18-14-24-25(15-18)16(2)3/h5-9,14-16,19-20H,4,10-13H2,1-3H3/t19-,20+,23+/m1/s1. The summed E-state index contributed by atoms with van der Waals surface area (Å²) in [5.41, 5.74) is 1.02. The summed E-state index contributed by atoms with van der Waals surface area (Å²) in [7, 11) is 0. The molecule has 3 atom stereocenters. The summed E-state index contributed by atoms with van der Waals surface area (Å²) in [4.78, 5) is 28.5. The summed E-state index contributed by atoms with van der Waals surface area (Å²) in [5, 5.41) is 4.32. The number of hydrogen-bond donors (Lipinski definition) is 0. The van der Waals surface area contributed by atoms with Crippen molar-refractivity contribution in [3.63, 3.8) is 0 Å². The fraction of sp³-hybridized carbons (Fsp3) is 0.522. The Morgan fingerprint density at radius 3 is 2.66 bits per heavy atom. The smallest absolute Gasteiger partial charge is 0.314 e. The van der Waals surface area contributed by atoms with Crippen LogP contribution in [-0.2, 0) is 16.0 Å². The first-order valence-electron chi connectivity index (χ1n) is 10.5. The Kier molecular flexibility index (Phi) is 5.19. The average Bonchev–Trinajstić information content (AvgIpc) is 3.42. The third-order valence-electron chi connectivity index (χ3n) is 6.40. The highest BCUT2D eigenvalue weighted by atomic mass is 16.5. The lowest BCUT2D eigenvalue weighted by molar-refractivity contribution is -0.157. The molecular formula is C23H29N3O3. The van der Waals surface area contributed by atoms with E-state index in [-0.39, 0.29) is 30.0 Å². The quantitative estimate of drug-likeness (QED) is 0.701. The molecule has 2 aliphatic heterocycles. The lowest BCUT2D eigenvalue weighted by Crippen LogP contribution is -2.47. The number of amides is 1. The Labute approximate surface area is 171 Å². The Hall–Kier alpha value is -2.63. The first-order chi connectivity index (χ1) is 14.0. The van der Waals surface area contributed by atoms with Crippen molar-refractivity contribution < 1.29 is 14.3 Å². The number of rotatable bonds is 6. The number of hydrogen-bond acceptors (Lipinski definition) is 4. The van der Waals surface area contributed by atoms with E-state index < -0.39 is 5.41 Å². The predicted molar refractivity (Wildman–Crippen MR) is 109 cm³/mol. The topological polar surface area (TPSA) is 64.4 Å². The van der Waals surface area contributed by atoms with Crippen LogP contribution < -0.4 is 0 Å². The predicted octanol–water partition coefficient (Wildman–Crippen LogP) is 3.63. The molecule has 1 aromatic heterocycles. The molecule has 2 aromatic rings. The van der Waals surface area contributed by atoms with Crippen LogP contribution in [0.15, 0.2) is 42.7 Å². The van der Waals surface area contributed by atoms with Crippen molar-refractivity contribution in [2.45, 2.75) is 64.6 Å². The molecule has 1 amide bonds. The van der Waals surface area contributed by atoms with E-state index in [2.05, 4.69) is 5.10 Å². The van der Waals surface area contributed by atoms with Gasteiger partial charge in [0.25, 0.3) is 5.91 Å². The van der Waals surface area contributed by atoms with E-state index in [1.165, 1.54) is 0 Å². The minimum atomic E-state index is -0.677. The molecule has 4 rings (SSSR count). The van der Waals surface area contributed by atoms with Gasteiger partial charge in [0, 0.05) is 24.3 Å². The van der Waals surface area contributed by atoms with Gasteiger partial charge in [0.1, 0.15) is 0 Å². The average molecular weight is 396 g/mol. The summed E-state index contributed by atoms with van der Waals surface area (Å²) in [6.07, 6.45) is 6.49. The first kappa shape index (κ1) is 19.7. The Morgan fingerprint density at radius 1 is 1.24 bits per heavy atom. The van der Waals surface area contributed by atoms with Gasteiger partial charge in [-0.1, -0.05) is 30.3 Å². The third kappa shape index (κ3) is 3.34. The first-order valence-corrected chi connectivity index (χ1v) is 10.5. The zero-order valence-electron chi connectivity index (χ0n) is 17.4. The van der Waals surface area contributed by atoms with E-state index in [0.717, 1.165) is 18.4 Å². The minimum Gasteiger partial charge on any atom is -0.465 e. The number of esters is 1. The molecule has 154 valence electrons. The maximum atomic E-state index is 13.4. The summed E-state index contributed by atoms with van der Waals surface area (Å²) in [6.45, 7) is 6.26. The second-order valence-electron chi connectivity index (χ2n) is 8.51. The van der Waals surface area contributed by atoms with Crippen LogP contribution in [-0.4, -0.2) is 45.2 Å². The third-order valence-corrected chi connectivity index (χ3v) is 6.40. The molecule has 0 N–H and O–H groups in total. The van der Waals surface area contributed by atoms with E-state index in [1.807, 2.05) is 62.2 Å². The normalized spacial score (nSPS) is 25.6. The summed E-state index contributed by atoms with van der Waals surface area (Å²) >= 11 is 0. The molecule has 0 spiro atoms. The number of fused-ring (bicyclic) bond motifs is 2. The maximum absolute atomic E-state index is 13.4. The van der Waals surface area contributed by atoms with Crippen LogP contribution in [0.3, 0.4) is 0 Å². The van der Waals surface area contributed by atoms with Crippen LogP contribution in [0, 0.1) is 5.41 Å². The van der Waals surface area contributed by atoms with Crippen LogP contribution in [0.4, 0.5) is 0 Å². The number of aromatic nitrogens is 2. The van der Waals surface area contributed by atoms with Crippen molar-refractivity contribution >= 4 is 11.9 Å². The highest BCUT2D eigenvalue weighted by Crippen LogP contribution is 2.52. The van der Waals surface area contributed by atoms with Gasteiger partial charge in [0.05, 0.1) is 23.8 Å². The Balaban J connectivity index is 1.66. The molecule has 6 nitrogen and oxygen atoms in total. The van der Waals surface area contributed by atoms with Crippen molar-refractivity contribution in [1.82, 2.24) is 14.7 Å². The fourth-order valence-corrected chi connectivity index (χ4v) is 5.09. The van der Waals surface area contributed by atoms with Gasteiger partial charge in [-0.2, -0.15) is 5.10 Å². The van der Waals surface area contributed by atoms with Gasteiger partial charge in [-0.05, 0) is 52.0 Å². The number of benzene rings is 1. The molecule has 6 heteroatoms. The molecule has 2 bridgehead atoms. The van der Waals surface area contributed by atoms with Crippen molar-refractivity contribution in [1.29, 1.82) is 0 Å². The van der Waals surface area contributed by atoms with Gasteiger partial charge >= 0.3 is 5.97 Å². The summed E-state index contributed by atoms with van der Waals surface area (Å²) in [5.74, 6) is -0.199. The van der Waals surface area contributed by atoms with Crippen molar-refractivity contribution in [3.05, 3.63) is 53.9 Å². The van der Waals surface area contributed by atoms with E-state index in [1.54, 1.807) is 10.9 Å². The molecule has 3 heterocycles. The molecule has 0 unspecified atom stereocenters. The van der Waals surface area contributed by atoms with E-state index in [9.17, 15) is 9.59 Å². The van der Waals surface area contributed by atoms with Gasteiger partial charge in [-0.25, -0.2) is 0 Å². The summed E-state index contributed by atoms with van der Waals surface area (Å²) in [6, 6.07) is 10.2. The van der Waals surface area contributed by atoms with E-state index >= 15 is 0 Å². The molecule has 1 aromatic carbocycles. The number of ether oxygens (including phenoxy) is 1. The second kappa shape index (κ2) is 7.65. The van der Waals surface area contributed by atoms with Crippen LogP contribution in [0.2, 0.25) is 0 Å². The highest BCUT2D eigenvalue weighted by Gasteiger charge is 2.62. The molecular weight excluding hydrogens is 366 g/mol. The highest BCUT2D eigenvalue weighted by molar-refractivity contribution is 5.95. The largest absolute Gasteiger partial charge is 0.465 e. The van der Waals surface area contributed by atoms with Crippen molar-refractivity contribution in [3.8, 4) is 0 Å². The molecule has 0 aliphatic carbocycles. The van der Waals surface area contributed by atoms with Gasteiger partial charge in [-0.15, -0.1) is 0 Å². The van der Waals surface area contributed by atoms with Crippen LogP contribution in [0.5, 0.6) is 0 Å². The molecule has 29 heavy (non-hydrogen) atoms. The lowest BCUT2D eigenvalue weighted by Gasteiger charge is -2.35. The lowest BCUT2D eigenvalue weighted by atomic mass is 9.70. The molecule has 2 saturated heterocycles. The van der Waals surface area contributed by atoms with Gasteiger partial charge in [0.2, 0.25) is 0 Å². The SMILES string of the molecule is CCOC(=O)[C@@]1(Cc2ccccc2)C[C@H]2CC[C@@H]1N2C(=O)c1cnn(C(C)C)c1. The van der Waals surface area contributed by atoms with Gasteiger partial charge < -0.3 is 9.64 Å². The zero-order valence-corrected chi connectivity index (χ0v) is 17.4. The Morgan fingerprint density at radius 2 is 2.00 bits per heavy atom. The monoisotopic (exact) mass is 395 g/mol. The fourth-order valence-electron chi connectivity index (χ4n) is 5.09. The molecule has 2 aliphatic rings. The van der Waals surface area contributed by atoms with Crippen LogP contribution >= 0.6 is 0 Å². The minimum absolute atomic E-state index is 0.0244.